The van der Waals surface area contributed by atoms with Crippen molar-refractivity contribution in [2.75, 3.05) is 11.4 Å². The molecular formula is C12H17BrN2. The summed E-state index contributed by atoms with van der Waals surface area (Å²) in [5, 5.41) is 0. The molecule has 0 aromatic heterocycles. The molecule has 1 saturated heterocycles. The van der Waals surface area contributed by atoms with Crippen LogP contribution in [-0.2, 0) is 0 Å². The van der Waals surface area contributed by atoms with Crippen molar-refractivity contribution in [3.05, 3.63) is 28.7 Å². The maximum absolute atomic E-state index is 6.08. The monoisotopic (exact) mass is 268 g/mol. The highest BCUT2D eigenvalue weighted by atomic mass is 79.9. The lowest BCUT2D eigenvalue weighted by Crippen LogP contribution is -2.50. The van der Waals surface area contributed by atoms with Crippen LogP contribution in [0.1, 0.15) is 19.8 Å². The van der Waals surface area contributed by atoms with Crippen molar-refractivity contribution in [1.29, 1.82) is 0 Å². The number of halogens is 1. The van der Waals surface area contributed by atoms with Crippen LogP contribution in [0.4, 0.5) is 5.69 Å². The van der Waals surface area contributed by atoms with Crippen molar-refractivity contribution < 1.29 is 0 Å². The molecule has 1 aromatic rings. The van der Waals surface area contributed by atoms with Gasteiger partial charge in [0.1, 0.15) is 0 Å². The largest absolute Gasteiger partial charge is 0.367 e. The van der Waals surface area contributed by atoms with E-state index in [1.165, 1.54) is 12.1 Å². The summed E-state index contributed by atoms with van der Waals surface area (Å²) in [5.74, 6) is 0. The second kappa shape index (κ2) is 4.54. The van der Waals surface area contributed by atoms with E-state index in [2.05, 4.69) is 52.0 Å². The number of nitrogens with zero attached hydrogens (tertiary/aromatic N) is 1. The van der Waals surface area contributed by atoms with Crippen LogP contribution in [0.5, 0.6) is 0 Å². The second-order valence-corrected chi connectivity index (χ2v) is 5.13. The van der Waals surface area contributed by atoms with E-state index in [4.69, 9.17) is 5.73 Å². The topological polar surface area (TPSA) is 29.3 Å². The van der Waals surface area contributed by atoms with Gasteiger partial charge in [-0.1, -0.05) is 15.9 Å². The molecule has 1 aliphatic rings. The number of hydrogen-bond donors (Lipinski definition) is 1. The van der Waals surface area contributed by atoms with Gasteiger partial charge in [0.05, 0.1) is 0 Å². The average Bonchev–Trinajstić information content (AvgIpc) is 2.24. The maximum Gasteiger partial charge on any atom is 0.0412 e. The normalized spacial score (nSPS) is 26.7. The molecule has 1 heterocycles. The van der Waals surface area contributed by atoms with Crippen LogP contribution in [0.3, 0.4) is 0 Å². The molecule has 2 unspecified atom stereocenters. The van der Waals surface area contributed by atoms with Crippen LogP contribution < -0.4 is 10.6 Å². The summed E-state index contributed by atoms with van der Waals surface area (Å²) in [4.78, 5) is 2.40. The van der Waals surface area contributed by atoms with E-state index in [9.17, 15) is 0 Å². The van der Waals surface area contributed by atoms with Crippen LogP contribution in [0, 0.1) is 0 Å². The highest BCUT2D eigenvalue weighted by Crippen LogP contribution is 2.25. The molecule has 82 valence electrons. The third-order valence-corrected chi connectivity index (χ3v) is 3.73. The Morgan fingerprint density at radius 3 is 2.67 bits per heavy atom. The highest BCUT2D eigenvalue weighted by molar-refractivity contribution is 9.10. The fraction of sp³-hybridized carbons (Fsp3) is 0.500. The molecule has 0 amide bonds. The van der Waals surface area contributed by atoms with Crippen LogP contribution in [-0.4, -0.2) is 18.6 Å². The molecule has 0 spiro atoms. The summed E-state index contributed by atoms with van der Waals surface area (Å²) >= 11 is 3.45. The fourth-order valence-corrected chi connectivity index (χ4v) is 2.43. The predicted octanol–water partition coefficient (Wildman–Crippen LogP) is 2.77. The Bertz CT molecular complexity index is 323. The van der Waals surface area contributed by atoms with Crippen molar-refractivity contribution in [1.82, 2.24) is 0 Å². The maximum atomic E-state index is 6.08. The summed E-state index contributed by atoms with van der Waals surface area (Å²) in [6.07, 6.45) is 2.34. The minimum atomic E-state index is 0.308. The molecule has 2 N–H and O–H groups in total. The molecule has 1 aromatic carbocycles. The molecule has 1 aliphatic heterocycles. The van der Waals surface area contributed by atoms with Gasteiger partial charge in [0.2, 0.25) is 0 Å². The third kappa shape index (κ3) is 2.34. The van der Waals surface area contributed by atoms with Gasteiger partial charge in [-0.3, -0.25) is 0 Å². The fourth-order valence-electron chi connectivity index (χ4n) is 2.17. The molecule has 0 saturated carbocycles. The van der Waals surface area contributed by atoms with Crippen LogP contribution in [0.15, 0.2) is 28.7 Å². The highest BCUT2D eigenvalue weighted by Gasteiger charge is 2.24. The van der Waals surface area contributed by atoms with E-state index in [1.807, 2.05) is 0 Å². The first-order valence-corrected chi connectivity index (χ1v) is 6.25. The third-order valence-electron chi connectivity index (χ3n) is 3.21. The van der Waals surface area contributed by atoms with Gasteiger partial charge in [0.15, 0.2) is 0 Å². The van der Waals surface area contributed by atoms with Crippen molar-refractivity contribution in [2.24, 2.45) is 5.73 Å². The molecule has 15 heavy (non-hydrogen) atoms. The number of piperidine rings is 1. The number of hydrogen-bond acceptors (Lipinski definition) is 2. The number of rotatable bonds is 1. The molecule has 3 heteroatoms. The summed E-state index contributed by atoms with van der Waals surface area (Å²) in [5.41, 5.74) is 7.36. The molecule has 1 fully saturated rings. The van der Waals surface area contributed by atoms with Crippen molar-refractivity contribution in [3.8, 4) is 0 Å². The van der Waals surface area contributed by atoms with E-state index in [0.29, 0.717) is 12.1 Å². The lowest BCUT2D eigenvalue weighted by Gasteiger charge is -2.39. The zero-order valence-corrected chi connectivity index (χ0v) is 10.6. The first-order valence-electron chi connectivity index (χ1n) is 5.46. The Morgan fingerprint density at radius 2 is 2.00 bits per heavy atom. The smallest absolute Gasteiger partial charge is 0.0412 e. The van der Waals surface area contributed by atoms with E-state index in [1.54, 1.807) is 0 Å². The Hall–Kier alpha value is -0.540. The molecule has 2 rings (SSSR count). The first kappa shape index (κ1) is 11.0. The van der Waals surface area contributed by atoms with E-state index < -0.39 is 0 Å². The molecule has 2 atom stereocenters. The predicted molar refractivity (Wildman–Crippen MR) is 68.2 cm³/mol. The van der Waals surface area contributed by atoms with Gasteiger partial charge < -0.3 is 10.6 Å². The standard InChI is InChI=1S/C12H17BrN2/c1-9-12(14)3-2-8-15(9)11-6-4-10(13)5-7-11/h4-7,9,12H,2-3,8,14H2,1H3. The number of benzene rings is 1. The van der Waals surface area contributed by atoms with Gasteiger partial charge in [0.25, 0.3) is 0 Å². The van der Waals surface area contributed by atoms with Crippen molar-refractivity contribution in [2.45, 2.75) is 31.8 Å². The van der Waals surface area contributed by atoms with E-state index in [-0.39, 0.29) is 0 Å². The zero-order chi connectivity index (χ0) is 10.8. The van der Waals surface area contributed by atoms with Gasteiger partial charge >= 0.3 is 0 Å². The molecule has 0 bridgehead atoms. The number of anilines is 1. The van der Waals surface area contributed by atoms with Gasteiger partial charge in [0, 0.05) is 28.8 Å². The van der Waals surface area contributed by atoms with Crippen molar-refractivity contribution in [3.63, 3.8) is 0 Å². The van der Waals surface area contributed by atoms with Gasteiger partial charge in [-0.15, -0.1) is 0 Å². The van der Waals surface area contributed by atoms with Gasteiger partial charge in [-0.05, 0) is 44.0 Å². The van der Waals surface area contributed by atoms with Crippen LogP contribution in [0.2, 0.25) is 0 Å². The summed E-state index contributed by atoms with van der Waals surface area (Å²) < 4.78 is 1.13. The molecular weight excluding hydrogens is 252 g/mol. The Kier molecular flexibility index (Phi) is 3.32. The lowest BCUT2D eigenvalue weighted by atomic mass is 9.98. The van der Waals surface area contributed by atoms with Gasteiger partial charge in [-0.25, -0.2) is 0 Å². The molecule has 2 nitrogen and oxygen atoms in total. The molecule has 0 aliphatic carbocycles. The Morgan fingerprint density at radius 1 is 1.33 bits per heavy atom. The lowest BCUT2D eigenvalue weighted by molar-refractivity contribution is 0.421. The van der Waals surface area contributed by atoms with Crippen molar-refractivity contribution >= 4 is 21.6 Å². The Balaban J connectivity index is 2.18. The van der Waals surface area contributed by atoms with Crippen LogP contribution in [0.25, 0.3) is 0 Å². The van der Waals surface area contributed by atoms with Gasteiger partial charge in [-0.2, -0.15) is 0 Å². The van der Waals surface area contributed by atoms with E-state index in [0.717, 1.165) is 17.4 Å². The average molecular weight is 269 g/mol. The van der Waals surface area contributed by atoms with Crippen LogP contribution >= 0.6 is 15.9 Å². The summed E-state index contributed by atoms with van der Waals surface area (Å²) in [6, 6.07) is 9.23. The Labute approximate surface area is 99.6 Å². The zero-order valence-electron chi connectivity index (χ0n) is 8.99. The SMILES string of the molecule is CC1C(N)CCCN1c1ccc(Br)cc1. The minimum Gasteiger partial charge on any atom is -0.367 e. The van der Waals surface area contributed by atoms with E-state index >= 15 is 0 Å². The summed E-state index contributed by atoms with van der Waals surface area (Å²) in [7, 11) is 0. The minimum absolute atomic E-state index is 0.308. The summed E-state index contributed by atoms with van der Waals surface area (Å²) in [6.45, 7) is 3.34. The quantitative estimate of drug-likeness (QED) is 0.849. The number of nitrogens with two attached hydrogens (primary N) is 1. The molecule has 0 radical (unpaired) electrons. The second-order valence-electron chi connectivity index (χ2n) is 4.22. The first-order chi connectivity index (χ1) is 7.18.